The molecule has 2 N–H and O–H groups in total. The van der Waals surface area contributed by atoms with Crippen LogP contribution in [0.2, 0.25) is 0 Å². The van der Waals surface area contributed by atoms with Gasteiger partial charge in [-0.3, -0.25) is 4.79 Å². The summed E-state index contributed by atoms with van der Waals surface area (Å²) in [5.41, 5.74) is 0.575. The number of nitrogens with one attached hydrogen (secondary N) is 1. The Morgan fingerprint density at radius 1 is 1.40 bits per heavy atom. The summed E-state index contributed by atoms with van der Waals surface area (Å²) in [6, 6.07) is 5.58. The number of amides is 1. The van der Waals surface area contributed by atoms with Gasteiger partial charge in [-0.2, -0.15) is 0 Å². The van der Waals surface area contributed by atoms with E-state index in [1.165, 1.54) is 36.0 Å². The van der Waals surface area contributed by atoms with Crippen molar-refractivity contribution in [3.05, 3.63) is 30.1 Å². The van der Waals surface area contributed by atoms with E-state index in [2.05, 4.69) is 5.32 Å². The first kappa shape index (κ1) is 12.0. The molecule has 0 bridgehead atoms. The van der Waals surface area contributed by atoms with Crippen molar-refractivity contribution < 1.29 is 14.3 Å². The molecule has 0 heterocycles. The highest BCUT2D eigenvalue weighted by Crippen LogP contribution is 2.09. The maximum Gasteiger partial charge on any atom is 0.234 e. The molecule has 1 amide bonds. The van der Waals surface area contributed by atoms with Gasteiger partial charge in [0, 0.05) is 11.4 Å². The van der Waals surface area contributed by atoms with Crippen LogP contribution in [0.15, 0.2) is 24.3 Å². The summed E-state index contributed by atoms with van der Waals surface area (Å²) in [5.74, 6) is 0.345. The molecule has 0 aliphatic heterocycles. The van der Waals surface area contributed by atoms with Crippen LogP contribution in [-0.4, -0.2) is 29.1 Å². The Labute approximate surface area is 91.7 Å². The SMILES string of the molecule is O=C(CSCCO)Nc1ccc(F)cc1. The molecule has 0 fully saturated rings. The van der Waals surface area contributed by atoms with Crippen LogP contribution in [0, 0.1) is 5.82 Å². The number of aliphatic hydroxyl groups excluding tert-OH is 1. The van der Waals surface area contributed by atoms with Crippen molar-refractivity contribution in [2.75, 3.05) is 23.4 Å². The smallest absolute Gasteiger partial charge is 0.234 e. The number of hydrogen-bond donors (Lipinski definition) is 2. The molecule has 0 saturated heterocycles. The number of thioether (sulfide) groups is 1. The molecule has 0 aliphatic rings. The van der Waals surface area contributed by atoms with Crippen LogP contribution in [0.3, 0.4) is 0 Å². The van der Waals surface area contributed by atoms with E-state index >= 15 is 0 Å². The van der Waals surface area contributed by atoms with E-state index < -0.39 is 0 Å². The number of anilines is 1. The van der Waals surface area contributed by atoms with E-state index in [0.29, 0.717) is 11.4 Å². The Bertz CT molecular complexity index is 316. The Kier molecular flexibility index (Phi) is 5.14. The van der Waals surface area contributed by atoms with Gasteiger partial charge in [-0.05, 0) is 24.3 Å². The fourth-order valence-electron chi connectivity index (χ4n) is 0.960. The molecule has 0 unspecified atom stereocenters. The lowest BCUT2D eigenvalue weighted by Gasteiger charge is -2.04. The molecule has 1 aromatic carbocycles. The molecular formula is C10H12FNO2S. The lowest BCUT2D eigenvalue weighted by atomic mass is 10.3. The van der Waals surface area contributed by atoms with Gasteiger partial charge in [-0.1, -0.05) is 0 Å². The highest BCUT2D eigenvalue weighted by atomic mass is 32.2. The van der Waals surface area contributed by atoms with E-state index in [-0.39, 0.29) is 24.1 Å². The summed E-state index contributed by atoms with van der Waals surface area (Å²) in [4.78, 5) is 11.3. The third kappa shape index (κ3) is 4.80. The molecule has 0 radical (unpaired) electrons. The van der Waals surface area contributed by atoms with Crippen molar-refractivity contribution in [2.45, 2.75) is 0 Å². The Morgan fingerprint density at radius 3 is 2.67 bits per heavy atom. The zero-order valence-electron chi connectivity index (χ0n) is 8.07. The van der Waals surface area contributed by atoms with Crippen LogP contribution in [-0.2, 0) is 4.79 Å². The van der Waals surface area contributed by atoms with E-state index in [1.54, 1.807) is 0 Å². The van der Waals surface area contributed by atoms with Crippen LogP contribution < -0.4 is 5.32 Å². The van der Waals surface area contributed by atoms with E-state index in [9.17, 15) is 9.18 Å². The fraction of sp³-hybridized carbons (Fsp3) is 0.300. The minimum atomic E-state index is -0.331. The summed E-state index contributed by atoms with van der Waals surface area (Å²) >= 11 is 1.35. The van der Waals surface area contributed by atoms with Gasteiger partial charge in [0.2, 0.25) is 5.91 Å². The minimum Gasteiger partial charge on any atom is -0.396 e. The summed E-state index contributed by atoms with van der Waals surface area (Å²) in [5, 5.41) is 11.1. The average molecular weight is 229 g/mol. The van der Waals surface area contributed by atoms with Gasteiger partial charge >= 0.3 is 0 Å². The topological polar surface area (TPSA) is 49.3 Å². The van der Waals surface area contributed by atoms with E-state index in [0.717, 1.165) is 0 Å². The predicted octanol–water partition coefficient (Wildman–Crippen LogP) is 1.49. The summed E-state index contributed by atoms with van der Waals surface area (Å²) in [6.07, 6.45) is 0. The van der Waals surface area contributed by atoms with Gasteiger partial charge in [0.25, 0.3) is 0 Å². The molecule has 0 atom stereocenters. The highest BCUT2D eigenvalue weighted by Gasteiger charge is 2.01. The van der Waals surface area contributed by atoms with Gasteiger partial charge in [-0.15, -0.1) is 11.8 Å². The standard InChI is InChI=1S/C10H12FNO2S/c11-8-1-3-9(4-2-8)12-10(14)7-15-6-5-13/h1-4,13H,5-7H2,(H,12,14). The fourth-order valence-corrected chi connectivity index (χ4v) is 1.49. The maximum atomic E-state index is 12.5. The molecule has 15 heavy (non-hydrogen) atoms. The quantitative estimate of drug-likeness (QED) is 0.752. The molecule has 0 spiro atoms. The number of carbonyl (C=O) groups is 1. The van der Waals surface area contributed by atoms with E-state index in [4.69, 9.17) is 5.11 Å². The maximum absolute atomic E-state index is 12.5. The Hall–Kier alpha value is -1.07. The second-order valence-corrected chi connectivity index (χ2v) is 3.94. The van der Waals surface area contributed by atoms with Gasteiger partial charge in [0.15, 0.2) is 0 Å². The first-order chi connectivity index (χ1) is 7.22. The molecule has 0 saturated carbocycles. The van der Waals surface area contributed by atoms with Crippen molar-refractivity contribution in [3.8, 4) is 0 Å². The monoisotopic (exact) mass is 229 g/mol. The minimum absolute atomic E-state index is 0.0640. The second kappa shape index (κ2) is 6.42. The number of aliphatic hydroxyl groups is 1. The Balaban J connectivity index is 2.34. The van der Waals surface area contributed by atoms with Crippen molar-refractivity contribution in [2.24, 2.45) is 0 Å². The normalized spacial score (nSPS) is 10.0. The van der Waals surface area contributed by atoms with Crippen molar-refractivity contribution in [3.63, 3.8) is 0 Å². The molecule has 1 rings (SSSR count). The van der Waals surface area contributed by atoms with Crippen LogP contribution in [0.5, 0.6) is 0 Å². The van der Waals surface area contributed by atoms with Crippen LogP contribution in [0.1, 0.15) is 0 Å². The predicted molar refractivity (Wildman–Crippen MR) is 59.4 cm³/mol. The van der Waals surface area contributed by atoms with Crippen LogP contribution >= 0.6 is 11.8 Å². The third-order valence-corrected chi connectivity index (χ3v) is 2.53. The van der Waals surface area contributed by atoms with Gasteiger partial charge < -0.3 is 10.4 Å². The molecule has 0 aromatic heterocycles. The summed E-state index contributed by atoms with van der Waals surface area (Å²) in [6.45, 7) is 0.0640. The van der Waals surface area contributed by atoms with E-state index in [1.807, 2.05) is 0 Å². The second-order valence-electron chi connectivity index (χ2n) is 2.83. The summed E-state index contributed by atoms with van der Waals surface area (Å²) < 4.78 is 12.5. The molecule has 5 heteroatoms. The number of halogens is 1. The van der Waals surface area contributed by atoms with Gasteiger partial charge in [-0.25, -0.2) is 4.39 Å². The van der Waals surface area contributed by atoms with Gasteiger partial charge in [0.1, 0.15) is 5.82 Å². The van der Waals surface area contributed by atoms with Crippen molar-refractivity contribution in [1.82, 2.24) is 0 Å². The molecule has 0 aliphatic carbocycles. The van der Waals surface area contributed by atoms with Crippen LogP contribution in [0.25, 0.3) is 0 Å². The largest absolute Gasteiger partial charge is 0.396 e. The summed E-state index contributed by atoms with van der Waals surface area (Å²) in [7, 11) is 0. The molecule has 3 nitrogen and oxygen atoms in total. The van der Waals surface area contributed by atoms with Crippen molar-refractivity contribution >= 4 is 23.4 Å². The first-order valence-electron chi connectivity index (χ1n) is 4.46. The average Bonchev–Trinajstić information content (AvgIpc) is 2.22. The first-order valence-corrected chi connectivity index (χ1v) is 5.62. The van der Waals surface area contributed by atoms with Crippen molar-refractivity contribution in [1.29, 1.82) is 0 Å². The number of hydrogen-bond acceptors (Lipinski definition) is 3. The molecule has 82 valence electrons. The molecular weight excluding hydrogens is 217 g/mol. The lowest BCUT2D eigenvalue weighted by Crippen LogP contribution is -2.14. The third-order valence-electron chi connectivity index (χ3n) is 1.60. The zero-order chi connectivity index (χ0) is 11.1. The highest BCUT2D eigenvalue weighted by molar-refractivity contribution is 7.99. The number of carbonyl (C=O) groups excluding carboxylic acids is 1. The number of rotatable bonds is 5. The molecule has 1 aromatic rings. The Morgan fingerprint density at radius 2 is 2.07 bits per heavy atom. The van der Waals surface area contributed by atoms with Crippen LogP contribution in [0.4, 0.5) is 10.1 Å². The zero-order valence-corrected chi connectivity index (χ0v) is 8.89. The number of benzene rings is 1. The van der Waals surface area contributed by atoms with Gasteiger partial charge in [0.05, 0.1) is 12.4 Å². The lowest BCUT2D eigenvalue weighted by molar-refractivity contribution is -0.113.